The molecule has 0 atom stereocenters. The van der Waals surface area contributed by atoms with E-state index in [1.807, 2.05) is 30.3 Å². The first kappa shape index (κ1) is 12.8. The predicted octanol–water partition coefficient (Wildman–Crippen LogP) is 1.69. The molecule has 1 aromatic carbocycles. The van der Waals surface area contributed by atoms with Crippen molar-refractivity contribution in [1.82, 2.24) is 19.7 Å². The minimum Gasteiger partial charge on any atom is -0.368 e. The van der Waals surface area contributed by atoms with Gasteiger partial charge in [-0.25, -0.2) is 0 Å². The Morgan fingerprint density at radius 2 is 1.95 bits per heavy atom. The molecule has 0 amide bonds. The Bertz CT molecular complexity index is 754. The van der Waals surface area contributed by atoms with Crippen molar-refractivity contribution < 1.29 is 4.79 Å². The van der Waals surface area contributed by atoms with E-state index >= 15 is 0 Å². The largest absolute Gasteiger partial charge is 0.368 e. The molecule has 0 unspecified atom stereocenters. The van der Waals surface area contributed by atoms with Crippen molar-refractivity contribution in [3.05, 3.63) is 60.4 Å². The summed E-state index contributed by atoms with van der Waals surface area (Å²) in [5.74, 6) is -0.104. The molecular weight excluding hydrogens is 268 g/mol. The number of pyridine rings is 1. The van der Waals surface area contributed by atoms with Gasteiger partial charge in [-0.2, -0.15) is 9.67 Å². The van der Waals surface area contributed by atoms with Gasteiger partial charge >= 0.3 is 0 Å². The monoisotopic (exact) mass is 280 g/mol. The Morgan fingerprint density at radius 1 is 1.14 bits per heavy atom. The molecule has 7 nitrogen and oxygen atoms in total. The number of aromatic nitrogens is 4. The molecule has 0 radical (unpaired) electrons. The number of anilines is 3. The molecule has 0 aliphatic carbocycles. The number of benzene rings is 1. The third kappa shape index (κ3) is 2.71. The first-order valence-corrected chi connectivity index (χ1v) is 6.23. The number of hydrogen-bond acceptors (Lipinski definition) is 6. The molecule has 0 aliphatic rings. The normalized spacial score (nSPS) is 10.3. The van der Waals surface area contributed by atoms with Gasteiger partial charge < -0.3 is 11.1 Å². The molecule has 3 N–H and O–H groups in total. The zero-order valence-electron chi connectivity index (χ0n) is 11.0. The summed E-state index contributed by atoms with van der Waals surface area (Å²) in [4.78, 5) is 20.2. The van der Waals surface area contributed by atoms with Crippen LogP contribution in [0.2, 0.25) is 0 Å². The van der Waals surface area contributed by atoms with Gasteiger partial charge in [0.1, 0.15) is 0 Å². The van der Waals surface area contributed by atoms with Crippen LogP contribution in [0.5, 0.6) is 0 Å². The van der Waals surface area contributed by atoms with E-state index in [0.29, 0.717) is 5.56 Å². The first-order valence-electron chi connectivity index (χ1n) is 6.23. The number of carbonyl (C=O) groups is 1. The van der Waals surface area contributed by atoms with E-state index in [-0.39, 0.29) is 17.8 Å². The lowest BCUT2D eigenvalue weighted by Gasteiger charge is -2.01. The van der Waals surface area contributed by atoms with Gasteiger partial charge in [0.25, 0.3) is 5.91 Å². The van der Waals surface area contributed by atoms with Crippen LogP contribution >= 0.6 is 0 Å². The molecule has 2 heterocycles. The smallest absolute Gasteiger partial charge is 0.283 e. The summed E-state index contributed by atoms with van der Waals surface area (Å²) in [6.07, 6.45) is 3.04. The quantitative estimate of drug-likeness (QED) is 0.757. The second-order valence-corrected chi connectivity index (χ2v) is 4.24. The maximum Gasteiger partial charge on any atom is 0.283 e. The molecule has 0 aliphatic heterocycles. The SMILES string of the molecule is Nc1nc(Nc2ccccc2)nn1C(=O)c1cccnc1. The summed E-state index contributed by atoms with van der Waals surface area (Å²) in [6, 6.07) is 12.7. The second kappa shape index (κ2) is 5.41. The fourth-order valence-corrected chi connectivity index (χ4v) is 1.79. The highest BCUT2D eigenvalue weighted by Crippen LogP contribution is 2.14. The molecule has 0 spiro atoms. The Morgan fingerprint density at radius 3 is 2.67 bits per heavy atom. The molecule has 21 heavy (non-hydrogen) atoms. The standard InChI is InChI=1S/C14H12N6O/c15-13-18-14(17-11-6-2-1-3-7-11)19-20(13)12(21)10-5-4-8-16-9-10/h1-9H,(H3,15,17,18,19). The molecule has 3 rings (SSSR count). The molecular formula is C14H12N6O. The number of nitrogen functional groups attached to an aromatic ring is 1. The van der Waals surface area contributed by atoms with Gasteiger partial charge in [-0.05, 0) is 24.3 Å². The lowest BCUT2D eigenvalue weighted by atomic mass is 10.3. The van der Waals surface area contributed by atoms with Crippen molar-refractivity contribution in [3.8, 4) is 0 Å². The Balaban J connectivity index is 1.86. The average Bonchev–Trinajstić information content (AvgIpc) is 2.89. The molecule has 2 aromatic heterocycles. The highest BCUT2D eigenvalue weighted by molar-refractivity contribution is 5.96. The average molecular weight is 280 g/mol. The minimum atomic E-state index is -0.380. The number of para-hydroxylation sites is 1. The number of nitrogens with zero attached hydrogens (tertiary/aromatic N) is 4. The van der Waals surface area contributed by atoms with E-state index in [0.717, 1.165) is 10.4 Å². The van der Waals surface area contributed by atoms with Gasteiger partial charge in [-0.3, -0.25) is 9.78 Å². The van der Waals surface area contributed by atoms with Crippen LogP contribution in [0.15, 0.2) is 54.9 Å². The molecule has 7 heteroatoms. The Hall–Kier alpha value is -3.22. The number of nitrogens with one attached hydrogen (secondary N) is 1. The topological polar surface area (TPSA) is 98.7 Å². The molecule has 104 valence electrons. The van der Waals surface area contributed by atoms with Crippen LogP contribution in [-0.2, 0) is 0 Å². The highest BCUT2D eigenvalue weighted by Gasteiger charge is 2.15. The zero-order valence-corrected chi connectivity index (χ0v) is 11.0. The molecule has 0 saturated carbocycles. The van der Waals surface area contributed by atoms with Gasteiger partial charge in [0.2, 0.25) is 11.9 Å². The third-order valence-electron chi connectivity index (χ3n) is 2.76. The fraction of sp³-hybridized carbons (Fsp3) is 0. The van der Waals surface area contributed by atoms with Crippen molar-refractivity contribution in [2.24, 2.45) is 0 Å². The third-order valence-corrected chi connectivity index (χ3v) is 2.76. The van der Waals surface area contributed by atoms with Crippen LogP contribution in [0.4, 0.5) is 17.6 Å². The van der Waals surface area contributed by atoms with Gasteiger partial charge in [0, 0.05) is 18.1 Å². The highest BCUT2D eigenvalue weighted by atomic mass is 16.2. The maximum absolute atomic E-state index is 12.2. The Kier molecular flexibility index (Phi) is 3.30. The van der Waals surface area contributed by atoms with Crippen LogP contribution in [-0.4, -0.2) is 25.7 Å². The van der Waals surface area contributed by atoms with Crippen molar-refractivity contribution >= 4 is 23.5 Å². The van der Waals surface area contributed by atoms with Crippen molar-refractivity contribution in [2.45, 2.75) is 0 Å². The zero-order chi connectivity index (χ0) is 14.7. The van der Waals surface area contributed by atoms with E-state index in [1.54, 1.807) is 18.3 Å². The second-order valence-electron chi connectivity index (χ2n) is 4.24. The van der Waals surface area contributed by atoms with Gasteiger partial charge in [-0.1, -0.05) is 18.2 Å². The van der Waals surface area contributed by atoms with Crippen LogP contribution in [0.25, 0.3) is 0 Å². The van der Waals surface area contributed by atoms with E-state index < -0.39 is 0 Å². The van der Waals surface area contributed by atoms with E-state index in [2.05, 4.69) is 20.4 Å². The molecule has 0 bridgehead atoms. The number of hydrogen-bond donors (Lipinski definition) is 2. The summed E-state index contributed by atoms with van der Waals surface area (Å²) in [5.41, 5.74) is 6.94. The van der Waals surface area contributed by atoms with Gasteiger partial charge in [-0.15, -0.1) is 5.10 Å². The Labute approximate surface area is 120 Å². The van der Waals surface area contributed by atoms with Crippen LogP contribution < -0.4 is 11.1 Å². The molecule has 0 fully saturated rings. The first-order chi connectivity index (χ1) is 10.2. The van der Waals surface area contributed by atoms with E-state index in [1.165, 1.54) is 6.20 Å². The predicted molar refractivity (Wildman–Crippen MR) is 78.1 cm³/mol. The number of nitrogens with two attached hydrogens (primary N) is 1. The van der Waals surface area contributed by atoms with Crippen LogP contribution in [0, 0.1) is 0 Å². The molecule has 3 aromatic rings. The summed E-state index contributed by atoms with van der Waals surface area (Å²) in [5, 5.41) is 7.05. The van der Waals surface area contributed by atoms with E-state index in [9.17, 15) is 4.79 Å². The number of carbonyl (C=O) groups excluding carboxylic acids is 1. The molecule has 0 saturated heterocycles. The lowest BCUT2D eigenvalue weighted by molar-refractivity contribution is 0.0947. The number of rotatable bonds is 3. The van der Waals surface area contributed by atoms with Gasteiger partial charge in [0.15, 0.2) is 0 Å². The summed E-state index contributed by atoms with van der Waals surface area (Å²) in [7, 11) is 0. The van der Waals surface area contributed by atoms with E-state index in [4.69, 9.17) is 5.73 Å². The summed E-state index contributed by atoms with van der Waals surface area (Å²) < 4.78 is 1.04. The maximum atomic E-state index is 12.2. The van der Waals surface area contributed by atoms with Crippen molar-refractivity contribution in [2.75, 3.05) is 11.1 Å². The summed E-state index contributed by atoms with van der Waals surface area (Å²) >= 11 is 0. The van der Waals surface area contributed by atoms with Gasteiger partial charge in [0.05, 0.1) is 5.56 Å². The van der Waals surface area contributed by atoms with Crippen LogP contribution in [0.1, 0.15) is 10.4 Å². The van der Waals surface area contributed by atoms with Crippen LogP contribution in [0.3, 0.4) is 0 Å². The van der Waals surface area contributed by atoms with Crippen molar-refractivity contribution in [1.29, 1.82) is 0 Å². The lowest BCUT2D eigenvalue weighted by Crippen LogP contribution is -2.16. The van der Waals surface area contributed by atoms with Crippen molar-refractivity contribution in [3.63, 3.8) is 0 Å². The fourth-order valence-electron chi connectivity index (χ4n) is 1.79. The summed E-state index contributed by atoms with van der Waals surface area (Å²) in [6.45, 7) is 0. The minimum absolute atomic E-state index is 0.0160.